The van der Waals surface area contributed by atoms with Crippen LogP contribution in [0.25, 0.3) is 10.9 Å². The molecule has 0 saturated heterocycles. The number of ketones is 1. The van der Waals surface area contributed by atoms with Crippen LogP contribution in [0, 0.1) is 0 Å². The molecule has 0 atom stereocenters. The topological polar surface area (TPSA) is 53.3 Å². The maximum Gasteiger partial charge on any atom is 0.195 e. The molecule has 31 heavy (non-hydrogen) atoms. The summed E-state index contributed by atoms with van der Waals surface area (Å²) in [5, 5.41) is 0.928. The summed E-state index contributed by atoms with van der Waals surface area (Å²) < 4.78 is 13.3. The predicted molar refractivity (Wildman–Crippen MR) is 122 cm³/mol. The Balaban J connectivity index is 1.62. The first-order valence-electron chi connectivity index (χ1n) is 10.5. The molecule has 0 spiro atoms. The highest BCUT2D eigenvalue weighted by Gasteiger charge is 2.22. The number of aromatic nitrogens is 2. The van der Waals surface area contributed by atoms with E-state index in [4.69, 9.17) is 9.47 Å². The monoisotopic (exact) mass is 414 g/mol. The van der Waals surface area contributed by atoms with Gasteiger partial charge >= 0.3 is 0 Å². The predicted octanol–water partition coefficient (Wildman–Crippen LogP) is 5.06. The normalized spacial score (nSPS) is 11.0. The van der Waals surface area contributed by atoms with Crippen molar-refractivity contribution in [2.75, 3.05) is 13.7 Å². The van der Waals surface area contributed by atoms with E-state index in [9.17, 15) is 4.79 Å². The molecule has 5 heteroatoms. The molecular formula is C26H26N2O3. The number of benzene rings is 2. The zero-order valence-corrected chi connectivity index (χ0v) is 17.9. The average molecular weight is 415 g/mol. The Labute approximate surface area is 182 Å². The van der Waals surface area contributed by atoms with Gasteiger partial charge in [0.25, 0.3) is 0 Å². The van der Waals surface area contributed by atoms with Gasteiger partial charge in [-0.2, -0.15) is 0 Å². The van der Waals surface area contributed by atoms with Gasteiger partial charge in [-0.15, -0.1) is 0 Å². The lowest BCUT2D eigenvalue weighted by Crippen LogP contribution is -2.10. The van der Waals surface area contributed by atoms with Crippen molar-refractivity contribution in [2.45, 2.75) is 26.5 Å². The van der Waals surface area contributed by atoms with Crippen molar-refractivity contribution in [3.8, 4) is 5.75 Å². The van der Waals surface area contributed by atoms with Crippen molar-refractivity contribution in [1.82, 2.24) is 9.55 Å². The molecule has 2 heterocycles. The minimum absolute atomic E-state index is 0.0128. The number of ether oxygens (including phenoxy) is 2. The zero-order chi connectivity index (χ0) is 21.6. The molecule has 0 saturated carbocycles. The van der Waals surface area contributed by atoms with Crippen LogP contribution in [0.1, 0.15) is 34.1 Å². The highest BCUT2D eigenvalue weighted by molar-refractivity contribution is 6.17. The van der Waals surface area contributed by atoms with Crippen LogP contribution in [0.4, 0.5) is 0 Å². The van der Waals surface area contributed by atoms with Crippen LogP contribution in [0.3, 0.4) is 0 Å². The molecule has 0 amide bonds. The summed E-state index contributed by atoms with van der Waals surface area (Å²) in [7, 11) is 1.68. The molecule has 0 unspecified atom stereocenters. The number of nitrogens with zero attached hydrogens (tertiary/aromatic N) is 2. The molecule has 158 valence electrons. The van der Waals surface area contributed by atoms with Crippen molar-refractivity contribution in [3.63, 3.8) is 0 Å². The number of pyridine rings is 1. The summed E-state index contributed by atoms with van der Waals surface area (Å²) >= 11 is 0. The van der Waals surface area contributed by atoms with Gasteiger partial charge in [-0.05, 0) is 42.3 Å². The van der Waals surface area contributed by atoms with E-state index in [1.54, 1.807) is 13.3 Å². The van der Waals surface area contributed by atoms with E-state index in [1.165, 1.54) is 0 Å². The lowest BCUT2D eigenvalue weighted by atomic mass is 9.99. The Morgan fingerprint density at radius 1 is 1.03 bits per heavy atom. The van der Waals surface area contributed by atoms with Gasteiger partial charge in [-0.1, -0.05) is 37.3 Å². The van der Waals surface area contributed by atoms with Gasteiger partial charge in [-0.3, -0.25) is 9.78 Å². The van der Waals surface area contributed by atoms with Crippen LogP contribution in [0.2, 0.25) is 0 Å². The van der Waals surface area contributed by atoms with Crippen LogP contribution in [-0.2, 0) is 24.3 Å². The molecule has 0 fully saturated rings. The highest BCUT2D eigenvalue weighted by Crippen LogP contribution is 2.29. The minimum atomic E-state index is 0.0128. The van der Waals surface area contributed by atoms with Crippen molar-refractivity contribution in [1.29, 1.82) is 0 Å². The SMILES string of the molecule is CCc1c(C(=O)c2ccc(OCc3ccccc3)cc2)c2ccncc2n1CCOC. The summed E-state index contributed by atoms with van der Waals surface area (Å²) in [4.78, 5) is 17.8. The first kappa shape index (κ1) is 20.8. The smallest absolute Gasteiger partial charge is 0.195 e. The van der Waals surface area contributed by atoms with Crippen molar-refractivity contribution < 1.29 is 14.3 Å². The van der Waals surface area contributed by atoms with Gasteiger partial charge in [0, 0.05) is 36.5 Å². The van der Waals surface area contributed by atoms with Gasteiger partial charge in [0.05, 0.1) is 23.9 Å². The number of fused-ring (bicyclic) bond motifs is 1. The number of methoxy groups -OCH3 is 1. The molecule has 0 aliphatic heterocycles. The Hall–Kier alpha value is -3.44. The summed E-state index contributed by atoms with van der Waals surface area (Å²) in [5.74, 6) is 0.752. The first-order valence-corrected chi connectivity index (χ1v) is 10.5. The third-order valence-corrected chi connectivity index (χ3v) is 5.42. The fourth-order valence-corrected chi connectivity index (χ4v) is 3.90. The van der Waals surface area contributed by atoms with Crippen LogP contribution < -0.4 is 4.74 Å². The van der Waals surface area contributed by atoms with Gasteiger partial charge in [0.15, 0.2) is 5.78 Å². The van der Waals surface area contributed by atoms with Crippen LogP contribution in [0.15, 0.2) is 73.1 Å². The van der Waals surface area contributed by atoms with E-state index >= 15 is 0 Å². The van der Waals surface area contributed by atoms with Crippen LogP contribution >= 0.6 is 0 Å². The molecule has 0 bridgehead atoms. The number of hydrogen-bond donors (Lipinski definition) is 0. The molecule has 0 N–H and O–H groups in total. The lowest BCUT2D eigenvalue weighted by Gasteiger charge is -2.10. The summed E-state index contributed by atoms with van der Waals surface area (Å²) in [6.45, 7) is 3.82. The van der Waals surface area contributed by atoms with Gasteiger partial charge in [0.2, 0.25) is 0 Å². The number of hydrogen-bond acceptors (Lipinski definition) is 4. The molecule has 0 aliphatic rings. The summed E-state index contributed by atoms with van der Waals surface area (Å²) in [5.41, 5.74) is 4.46. The van der Waals surface area contributed by atoms with Gasteiger partial charge < -0.3 is 14.0 Å². The molecule has 0 aliphatic carbocycles. The maximum absolute atomic E-state index is 13.5. The lowest BCUT2D eigenvalue weighted by molar-refractivity contribution is 0.103. The van der Waals surface area contributed by atoms with E-state index in [2.05, 4.69) is 16.5 Å². The molecule has 5 nitrogen and oxygen atoms in total. The number of carbonyl (C=O) groups excluding carboxylic acids is 1. The van der Waals surface area contributed by atoms with E-state index < -0.39 is 0 Å². The van der Waals surface area contributed by atoms with E-state index in [1.807, 2.05) is 66.9 Å². The van der Waals surface area contributed by atoms with Crippen molar-refractivity contribution in [3.05, 3.63) is 95.4 Å². The van der Waals surface area contributed by atoms with E-state index in [0.29, 0.717) is 25.3 Å². The largest absolute Gasteiger partial charge is 0.489 e. The Morgan fingerprint density at radius 3 is 2.52 bits per heavy atom. The highest BCUT2D eigenvalue weighted by atomic mass is 16.5. The molecule has 4 rings (SSSR count). The van der Waals surface area contributed by atoms with Crippen LogP contribution in [0.5, 0.6) is 5.75 Å². The zero-order valence-electron chi connectivity index (χ0n) is 17.9. The van der Waals surface area contributed by atoms with Gasteiger partial charge in [0.1, 0.15) is 12.4 Å². The summed E-state index contributed by atoms with van der Waals surface area (Å²) in [6.07, 6.45) is 4.30. The third-order valence-electron chi connectivity index (χ3n) is 5.42. The molecule has 0 radical (unpaired) electrons. The fraction of sp³-hybridized carbons (Fsp3) is 0.231. The van der Waals surface area contributed by atoms with Crippen molar-refractivity contribution in [2.24, 2.45) is 0 Å². The molecule has 2 aromatic carbocycles. The average Bonchev–Trinajstić information content (AvgIpc) is 3.15. The van der Waals surface area contributed by atoms with E-state index in [-0.39, 0.29) is 5.78 Å². The number of carbonyl (C=O) groups is 1. The summed E-state index contributed by atoms with van der Waals surface area (Å²) in [6, 6.07) is 19.3. The Morgan fingerprint density at radius 2 is 1.81 bits per heavy atom. The molecular weight excluding hydrogens is 388 g/mol. The molecule has 4 aromatic rings. The minimum Gasteiger partial charge on any atom is -0.489 e. The first-order chi connectivity index (χ1) is 15.2. The van der Waals surface area contributed by atoms with Crippen molar-refractivity contribution >= 4 is 16.7 Å². The van der Waals surface area contributed by atoms with Crippen LogP contribution in [-0.4, -0.2) is 29.1 Å². The third kappa shape index (κ3) is 4.37. The Bertz CT molecular complexity index is 1160. The fourth-order valence-electron chi connectivity index (χ4n) is 3.90. The van der Waals surface area contributed by atoms with E-state index in [0.717, 1.165) is 39.9 Å². The quantitative estimate of drug-likeness (QED) is 0.360. The number of rotatable bonds is 9. The second kappa shape index (κ2) is 9.58. The molecule has 2 aromatic heterocycles. The maximum atomic E-state index is 13.5. The second-order valence-electron chi connectivity index (χ2n) is 7.34. The second-order valence-corrected chi connectivity index (χ2v) is 7.34. The standard InChI is InChI=1S/C26H26N2O3/c1-3-23-25(22-13-14-27-17-24(22)28(23)15-16-30-2)26(29)20-9-11-21(12-10-20)31-18-19-7-5-4-6-8-19/h4-14,17H,3,15-16,18H2,1-2H3. The Kier molecular flexibility index (Phi) is 6.43. The van der Waals surface area contributed by atoms with Gasteiger partial charge in [-0.25, -0.2) is 0 Å².